The van der Waals surface area contributed by atoms with Crippen molar-refractivity contribution in [2.45, 2.75) is 69.4 Å². The molecule has 214 valence electrons. The first-order chi connectivity index (χ1) is 18.5. The number of alkyl halides is 6. The Morgan fingerprint density at radius 3 is 2.15 bits per heavy atom. The summed E-state index contributed by atoms with van der Waals surface area (Å²) < 4.78 is 79.2. The molecule has 4 nitrogen and oxygen atoms in total. The Kier molecular flexibility index (Phi) is 9.59. The highest BCUT2D eigenvalue weighted by atomic mass is 19.4. The van der Waals surface area contributed by atoms with Gasteiger partial charge in [0.05, 0.1) is 11.1 Å². The van der Waals surface area contributed by atoms with Gasteiger partial charge in [-0.3, -0.25) is 14.6 Å². The van der Waals surface area contributed by atoms with Crippen LogP contribution in [0.25, 0.3) is 0 Å². The summed E-state index contributed by atoms with van der Waals surface area (Å²) in [6.45, 7) is 3.36. The van der Waals surface area contributed by atoms with Gasteiger partial charge in [0.25, 0.3) is 0 Å². The van der Waals surface area contributed by atoms with E-state index in [9.17, 15) is 31.1 Å². The molecule has 1 saturated carbocycles. The lowest BCUT2D eigenvalue weighted by Crippen LogP contribution is -2.53. The van der Waals surface area contributed by atoms with Gasteiger partial charge in [-0.15, -0.1) is 0 Å². The minimum Gasteiger partial charge on any atom is -0.354 e. The lowest BCUT2D eigenvalue weighted by atomic mass is 9.93. The number of aryl methyl sites for hydroxylation is 1. The van der Waals surface area contributed by atoms with Crippen molar-refractivity contribution < 1.29 is 31.1 Å². The number of hydrogen-bond acceptors (Lipinski definition) is 3. The highest BCUT2D eigenvalue weighted by molar-refractivity contribution is 5.83. The fraction of sp³-hybridized carbons (Fsp3) is 0.552. The van der Waals surface area contributed by atoms with E-state index in [1.54, 1.807) is 0 Å². The van der Waals surface area contributed by atoms with Crippen molar-refractivity contribution in [3.63, 3.8) is 0 Å². The third-order valence-electron chi connectivity index (χ3n) is 7.83. The summed E-state index contributed by atoms with van der Waals surface area (Å²) >= 11 is 0. The molecule has 0 spiro atoms. The number of amides is 1. The number of benzene rings is 2. The minimum atomic E-state index is -4.90. The van der Waals surface area contributed by atoms with Crippen LogP contribution in [-0.2, 0) is 23.6 Å². The van der Waals surface area contributed by atoms with Crippen LogP contribution in [0.5, 0.6) is 0 Å². The Labute approximate surface area is 225 Å². The van der Waals surface area contributed by atoms with Crippen LogP contribution in [0.2, 0.25) is 0 Å². The zero-order chi connectivity index (χ0) is 28.0. The first-order valence-electron chi connectivity index (χ1n) is 13.6. The van der Waals surface area contributed by atoms with Crippen molar-refractivity contribution in [2.75, 3.05) is 32.7 Å². The van der Waals surface area contributed by atoms with Gasteiger partial charge >= 0.3 is 12.4 Å². The number of piperazine rings is 1. The second-order valence-electron chi connectivity index (χ2n) is 10.4. The first kappa shape index (κ1) is 29.4. The molecule has 1 aliphatic carbocycles. The monoisotopic (exact) mass is 555 g/mol. The van der Waals surface area contributed by atoms with E-state index < -0.39 is 29.5 Å². The number of rotatable bonds is 8. The zero-order valence-electron chi connectivity index (χ0n) is 21.8. The molecule has 0 bridgehead atoms. The number of nitrogens with one attached hydrogen (secondary N) is 1. The van der Waals surface area contributed by atoms with E-state index >= 15 is 0 Å². The Morgan fingerprint density at radius 2 is 1.54 bits per heavy atom. The molecule has 1 N–H and O–H groups in total. The molecule has 10 heteroatoms. The van der Waals surface area contributed by atoms with E-state index in [1.807, 2.05) is 30.3 Å². The van der Waals surface area contributed by atoms with Crippen molar-refractivity contribution in [3.05, 3.63) is 70.8 Å². The van der Waals surface area contributed by atoms with Crippen molar-refractivity contribution in [3.8, 4) is 0 Å². The fourth-order valence-electron chi connectivity index (χ4n) is 5.79. The van der Waals surface area contributed by atoms with Gasteiger partial charge in [-0.2, -0.15) is 26.3 Å². The van der Waals surface area contributed by atoms with E-state index in [2.05, 4.69) is 15.1 Å². The van der Waals surface area contributed by atoms with Gasteiger partial charge in [0.1, 0.15) is 6.04 Å². The van der Waals surface area contributed by atoms with E-state index in [0.29, 0.717) is 12.1 Å². The van der Waals surface area contributed by atoms with Crippen LogP contribution in [-0.4, -0.2) is 54.5 Å². The number of carbonyl (C=O) groups excluding carboxylic acids is 1. The maximum absolute atomic E-state index is 13.5. The molecular formula is C29H35F6N3O. The summed E-state index contributed by atoms with van der Waals surface area (Å²) in [5, 5.41) is 2.86. The van der Waals surface area contributed by atoms with Crippen molar-refractivity contribution in [2.24, 2.45) is 0 Å². The summed E-state index contributed by atoms with van der Waals surface area (Å²) in [6, 6.07) is 11.2. The third-order valence-corrected chi connectivity index (χ3v) is 7.83. The maximum Gasteiger partial charge on any atom is 0.416 e. The van der Waals surface area contributed by atoms with Gasteiger partial charge in [0, 0.05) is 38.8 Å². The number of halogens is 6. The molecule has 2 aromatic carbocycles. The highest BCUT2D eigenvalue weighted by Crippen LogP contribution is 2.37. The molecule has 1 amide bonds. The summed E-state index contributed by atoms with van der Waals surface area (Å²) in [5.41, 5.74) is -1.99. The molecule has 2 aromatic rings. The summed E-state index contributed by atoms with van der Waals surface area (Å²) in [6.07, 6.45) is -3.45. The van der Waals surface area contributed by atoms with E-state index in [1.165, 1.54) is 32.1 Å². The molecule has 1 aliphatic heterocycles. The van der Waals surface area contributed by atoms with Crippen molar-refractivity contribution in [1.82, 2.24) is 15.1 Å². The normalized spacial score (nSPS) is 19.1. The van der Waals surface area contributed by atoms with Gasteiger partial charge < -0.3 is 5.32 Å². The Balaban J connectivity index is 1.37. The molecule has 4 rings (SSSR count). The lowest BCUT2D eigenvalue weighted by Gasteiger charge is -2.43. The average Bonchev–Trinajstić information content (AvgIpc) is 2.92. The molecule has 0 radical (unpaired) electrons. The van der Waals surface area contributed by atoms with Gasteiger partial charge in [0.2, 0.25) is 5.91 Å². The SMILES string of the molecule is O=C(NCCCc1ccc(C(F)(F)F)cc1C(F)(F)F)C(c1ccccc1)N1CCN(C2CCCCC2)CC1. The zero-order valence-corrected chi connectivity index (χ0v) is 21.8. The quantitative estimate of drug-likeness (QED) is 0.300. The van der Waals surface area contributed by atoms with Gasteiger partial charge in [-0.1, -0.05) is 55.7 Å². The van der Waals surface area contributed by atoms with Crippen molar-refractivity contribution >= 4 is 5.91 Å². The van der Waals surface area contributed by atoms with Gasteiger partial charge in [-0.05, 0) is 48.9 Å². The van der Waals surface area contributed by atoms with Crippen LogP contribution < -0.4 is 5.32 Å². The minimum absolute atomic E-state index is 0.108. The van der Waals surface area contributed by atoms with Crippen LogP contribution in [0.1, 0.15) is 66.8 Å². The summed E-state index contributed by atoms with van der Waals surface area (Å²) in [4.78, 5) is 18.0. The van der Waals surface area contributed by atoms with Crippen LogP contribution in [0.4, 0.5) is 26.3 Å². The molecule has 0 aromatic heterocycles. The molecule has 39 heavy (non-hydrogen) atoms. The predicted octanol–water partition coefficient (Wildman–Crippen LogP) is 6.46. The number of carbonyl (C=O) groups is 1. The summed E-state index contributed by atoms with van der Waals surface area (Å²) in [7, 11) is 0. The molecule has 2 aliphatic rings. The molecule has 2 fully saturated rings. The number of nitrogens with zero attached hydrogens (tertiary/aromatic N) is 2. The van der Waals surface area contributed by atoms with Gasteiger partial charge in [0.15, 0.2) is 0 Å². The fourth-order valence-corrected chi connectivity index (χ4v) is 5.79. The summed E-state index contributed by atoms with van der Waals surface area (Å²) in [5.74, 6) is -0.226. The molecular weight excluding hydrogens is 520 g/mol. The second-order valence-corrected chi connectivity index (χ2v) is 10.4. The van der Waals surface area contributed by atoms with Crippen LogP contribution in [0.15, 0.2) is 48.5 Å². The average molecular weight is 556 g/mol. The molecule has 1 atom stereocenters. The van der Waals surface area contributed by atoms with Crippen LogP contribution in [0.3, 0.4) is 0 Å². The van der Waals surface area contributed by atoms with E-state index in [0.717, 1.165) is 37.8 Å². The van der Waals surface area contributed by atoms with E-state index in [4.69, 9.17) is 0 Å². The second kappa shape index (κ2) is 12.7. The Hall–Kier alpha value is -2.59. The number of hydrogen-bond donors (Lipinski definition) is 1. The molecule has 1 saturated heterocycles. The topological polar surface area (TPSA) is 35.6 Å². The molecule has 1 unspecified atom stereocenters. The van der Waals surface area contributed by atoms with Gasteiger partial charge in [-0.25, -0.2) is 0 Å². The standard InChI is InChI=1S/C29H35F6N3O/c30-28(31,32)23-14-13-21(25(20-23)29(33,34)35)10-7-15-36-27(39)26(22-8-3-1-4-9-22)38-18-16-37(17-19-38)24-11-5-2-6-12-24/h1,3-4,8-9,13-14,20,24,26H,2,5-7,10-12,15-19H2,(H,36,39). The smallest absolute Gasteiger partial charge is 0.354 e. The van der Waals surface area contributed by atoms with Crippen LogP contribution >= 0.6 is 0 Å². The Morgan fingerprint density at radius 1 is 0.872 bits per heavy atom. The van der Waals surface area contributed by atoms with Crippen molar-refractivity contribution in [1.29, 1.82) is 0 Å². The highest BCUT2D eigenvalue weighted by Gasteiger charge is 2.38. The molecule has 1 heterocycles. The Bertz CT molecular complexity index is 1070. The van der Waals surface area contributed by atoms with E-state index in [-0.39, 0.29) is 36.9 Å². The third kappa shape index (κ3) is 7.75. The maximum atomic E-state index is 13.5. The van der Waals surface area contributed by atoms with Crippen LogP contribution in [0, 0.1) is 0 Å². The first-order valence-corrected chi connectivity index (χ1v) is 13.6. The largest absolute Gasteiger partial charge is 0.416 e. The lowest BCUT2D eigenvalue weighted by molar-refractivity contribution is -0.143. The predicted molar refractivity (Wildman–Crippen MR) is 137 cm³/mol.